The van der Waals surface area contributed by atoms with Gasteiger partial charge >= 0.3 is 0 Å². The molecule has 0 radical (unpaired) electrons. The lowest BCUT2D eigenvalue weighted by atomic mass is 10.3. The smallest absolute Gasteiger partial charge is 0.264 e. The van der Waals surface area contributed by atoms with Crippen molar-refractivity contribution in [2.24, 2.45) is 0 Å². The molecule has 0 bridgehead atoms. The highest BCUT2D eigenvalue weighted by Gasteiger charge is 2.21. The molecule has 0 spiro atoms. The molecule has 0 atom stereocenters. The number of nitrogens with one attached hydrogen (secondary N) is 1. The standard InChI is InChI=1S/C16H17F2NO4S/c1-3-22-14-8-6-12(10-15(14)23-4-2)19-24(20,21)16-9-11(17)5-7-13(16)18/h5-10,19H,3-4H2,1-2H3. The highest BCUT2D eigenvalue weighted by molar-refractivity contribution is 7.92. The molecule has 0 aliphatic rings. The lowest BCUT2D eigenvalue weighted by molar-refractivity contribution is 0.288. The summed E-state index contributed by atoms with van der Waals surface area (Å²) in [6, 6.07) is 6.63. The molecule has 8 heteroatoms. The Morgan fingerprint density at radius 1 is 0.958 bits per heavy atom. The highest BCUT2D eigenvalue weighted by Crippen LogP contribution is 2.31. The fraction of sp³-hybridized carbons (Fsp3) is 0.250. The van der Waals surface area contributed by atoms with E-state index in [-0.39, 0.29) is 5.69 Å². The molecule has 0 saturated carbocycles. The first kappa shape index (κ1) is 18.0. The summed E-state index contributed by atoms with van der Waals surface area (Å²) >= 11 is 0. The topological polar surface area (TPSA) is 64.6 Å². The molecule has 24 heavy (non-hydrogen) atoms. The van der Waals surface area contributed by atoms with E-state index >= 15 is 0 Å². The molecular weight excluding hydrogens is 340 g/mol. The number of sulfonamides is 1. The van der Waals surface area contributed by atoms with Gasteiger partial charge in [0, 0.05) is 6.07 Å². The molecule has 130 valence electrons. The van der Waals surface area contributed by atoms with Crippen LogP contribution in [0.4, 0.5) is 14.5 Å². The van der Waals surface area contributed by atoms with Crippen LogP contribution in [0.2, 0.25) is 0 Å². The van der Waals surface area contributed by atoms with Gasteiger partial charge in [-0.05, 0) is 44.2 Å². The summed E-state index contributed by atoms with van der Waals surface area (Å²) in [4.78, 5) is -0.769. The molecule has 0 unspecified atom stereocenters. The van der Waals surface area contributed by atoms with Gasteiger partial charge in [-0.2, -0.15) is 0 Å². The van der Waals surface area contributed by atoms with Crippen molar-refractivity contribution in [3.8, 4) is 11.5 Å². The normalized spacial score (nSPS) is 11.2. The van der Waals surface area contributed by atoms with E-state index in [1.54, 1.807) is 13.8 Å². The minimum atomic E-state index is -4.28. The minimum Gasteiger partial charge on any atom is -0.490 e. The van der Waals surface area contributed by atoms with Crippen LogP contribution in [-0.2, 0) is 10.0 Å². The van der Waals surface area contributed by atoms with Crippen LogP contribution in [0.25, 0.3) is 0 Å². The number of rotatable bonds is 7. The lowest BCUT2D eigenvalue weighted by Crippen LogP contribution is -2.15. The summed E-state index contributed by atoms with van der Waals surface area (Å²) in [7, 11) is -4.28. The zero-order chi connectivity index (χ0) is 17.7. The molecule has 0 aromatic heterocycles. The fourth-order valence-electron chi connectivity index (χ4n) is 2.01. The van der Waals surface area contributed by atoms with Gasteiger partial charge in [-0.1, -0.05) is 0 Å². The number of halogens is 2. The van der Waals surface area contributed by atoms with Crippen LogP contribution in [0.5, 0.6) is 11.5 Å². The van der Waals surface area contributed by atoms with Gasteiger partial charge in [0.2, 0.25) is 0 Å². The van der Waals surface area contributed by atoms with Crippen LogP contribution in [-0.4, -0.2) is 21.6 Å². The van der Waals surface area contributed by atoms with Crippen molar-refractivity contribution in [2.45, 2.75) is 18.7 Å². The summed E-state index contributed by atoms with van der Waals surface area (Å²) in [5.41, 5.74) is 0.144. The molecule has 0 heterocycles. The molecule has 0 fully saturated rings. The zero-order valence-electron chi connectivity index (χ0n) is 13.2. The molecule has 0 amide bonds. The number of ether oxygens (including phenoxy) is 2. The number of hydrogen-bond acceptors (Lipinski definition) is 4. The van der Waals surface area contributed by atoms with Crippen molar-refractivity contribution < 1.29 is 26.7 Å². The molecule has 0 aliphatic carbocycles. The second-order valence-electron chi connectivity index (χ2n) is 4.71. The third-order valence-corrected chi connectivity index (χ3v) is 4.37. The molecule has 0 saturated heterocycles. The van der Waals surface area contributed by atoms with Crippen LogP contribution < -0.4 is 14.2 Å². The van der Waals surface area contributed by atoms with Crippen LogP contribution in [0.1, 0.15) is 13.8 Å². The molecule has 5 nitrogen and oxygen atoms in total. The van der Waals surface area contributed by atoms with E-state index in [1.807, 2.05) is 0 Å². The van der Waals surface area contributed by atoms with Crippen LogP contribution >= 0.6 is 0 Å². The van der Waals surface area contributed by atoms with E-state index in [4.69, 9.17) is 9.47 Å². The molecular formula is C16H17F2NO4S. The molecule has 2 aromatic carbocycles. The van der Waals surface area contributed by atoms with E-state index in [9.17, 15) is 17.2 Å². The van der Waals surface area contributed by atoms with Gasteiger partial charge in [0.05, 0.1) is 18.9 Å². The fourth-order valence-corrected chi connectivity index (χ4v) is 3.15. The summed E-state index contributed by atoms with van der Waals surface area (Å²) in [6.45, 7) is 4.35. The Labute approximate surface area is 139 Å². The van der Waals surface area contributed by atoms with Crippen molar-refractivity contribution >= 4 is 15.7 Å². The predicted octanol–water partition coefficient (Wildman–Crippen LogP) is 3.56. The van der Waals surface area contributed by atoms with E-state index in [0.717, 1.165) is 12.1 Å². The van der Waals surface area contributed by atoms with Gasteiger partial charge in [-0.3, -0.25) is 4.72 Å². The molecule has 2 aromatic rings. The Balaban J connectivity index is 2.35. The zero-order valence-corrected chi connectivity index (χ0v) is 14.0. The molecule has 0 aliphatic heterocycles. The summed E-state index contributed by atoms with van der Waals surface area (Å²) in [6.07, 6.45) is 0. The largest absolute Gasteiger partial charge is 0.490 e. The van der Waals surface area contributed by atoms with Gasteiger partial charge < -0.3 is 9.47 Å². The van der Waals surface area contributed by atoms with Crippen molar-refractivity contribution in [3.63, 3.8) is 0 Å². The number of hydrogen-bond donors (Lipinski definition) is 1. The first-order valence-electron chi connectivity index (χ1n) is 7.25. The Kier molecular flexibility index (Phi) is 5.61. The highest BCUT2D eigenvalue weighted by atomic mass is 32.2. The van der Waals surface area contributed by atoms with Crippen molar-refractivity contribution in [2.75, 3.05) is 17.9 Å². The maximum absolute atomic E-state index is 13.7. The van der Waals surface area contributed by atoms with Gasteiger partial charge in [-0.15, -0.1) is 0 Å². The van der Waals surface area contributed by atoms with Crippen LogP contribution in [0, 0.1) is 11.6 Å². The maximum atomic E-state index is 13.7. The summed E-state index contributed by atoms with van der Waals surface area (Å²) in [5, 5.41) is 0. The average molecular weight is 357 g/mol. The molecule has 1 N–H and O–H groups in total. The van der Waals surface area contributed by atoms with Crippen LogP contribution in [0.3, 0.4) is 0 Å². The summed E-state index contributed by atoms with van der Waals surface area (Å²) < 4.78 is 64.4. The third kappa shape index (κ3) is 4.14. The van der Waals surface area contributed by atoms with E-state index in [2.05, 4.69) is 4.72 Å². The van der Waals surface area contributed by atoms with E-state index < -0.39 is 26.6 Å². The number of anilines is 1. The first-order chi connectivity index (χ1) is 11.4. The van der Waals surface area contributed by atoms with E-state index in [1.165, 1.54) is 18.2 Å². The first-order valence-corrected chi connectivity index (χ1v) is 8.73. The Bertz CT molecular complexity index is 825. The quantitative estimate of drug-likeness (QED) is 0.823. The monoisotopic (exact) mass is 357 g/mol. The maximum Gasteiger partial charge on any atom is 0.264 e. The van der Waals surface area contributed by atoms with Crippen molar-refractivity contribution in [1.29, 1.82) is 0 Å². The SMILES string of the molecule is CCOc1ccc(NS(=O)(=O)c2cc(F)ccc2F)cc1OCC. The van der Waals surface area contributed by atoms with Crippen molar-refractivity contribution in [1.82, 2.24) is 0 Å². The lowest BCUT2D eigenvalue weighted by Gasteiger charge is -2.14. The van der Waals surface area contributed by atoms with E-state index in [0.29, 0.717) is 30.8 Å². The summed E-state index contributed by atoms with van der Waals surface area (Å²) in [5.74, 6) is -1.09. The van der Waals surface area contributed by atoms with Gasteiger partial charge in [0.25, 0.3) is 10.0 Å². The van der Waals surface area contributed by atoms with Gasteiger partial charge in [-0.25, -0.2) is 17.2 Å². The van der Waals surface area contributed by atoms with Crippen molar-refractivity contribution in [3.05, 3.63) is 48.0 Å². The van der Waals surface area contributed by atoms with Crippen LogP contribution in [0.15, 0.2) is 41.3 Å². The van der Waals surface area contributed by atoms with Gasteiger partial charge in [0.15, 0.2) is 11.5 Å². The predicted molar refractivity (Wildman–Crippen MR) is 85.9 cm³/mol. The Morgan fingerprint density at radius 2 is 1.62 bits per heavy atom. The molecule has 2 rings (SSSR count). The third-order valence-electron chi connectivity index (χ3n) is 2.98. The second-order valence-corrected chi connectivity index (χ2v) is 6.36. The minimum absolute atomic E-state index is 0.144. The van der Waals surface area contributed by atoms with Gasteiger partial charge in [0.1, 0.15) is 16.5 Å². The Hall–Kier alpha value is -2.35. The number of benzene rings is 2. The average Bonchev–Trinajstić information content (AvgIpc) is 2.52. The Morgan fingerprint density at radius 3 is 2.29 bits per heavy atom. The second kappa shape index (κ2) is 7.48.